The number of hydrogen-bond donors (Lipinski definition) is 1. The van der Waals surface area contributed by atoms with Gasteiger partial charge >= 0.3 is 5.97 Å². The van der Waals surface area contributed by atoms with Crippen LogP contribution in [0, 0.1) is 0 Å². The minimum Gasteiger partial charge on any atom is -0.478 e. The van der Waals surface area contributed by atoms with Crippen LogP contribution in [0.5, 0.6) is 0 Å². The van der Waals surface area contributed by atoms with Gasteiger partial charge in [0.15, 0.2) is 0 Å². The van der Waals surface area contributed by atoms with Gasteiger partial charge in [-0.15, -0.1) is 11.6 Å². The van der Waals surface area contributed by atoms with Gasteiger partial charge in [0.2, 0.25) is 0 Å². The molecule has 0 aromatic rings. The Bertz CT molecular complexity index is 60.7. The molecule has 0 atom stereocenters. The van der Waals surface area contributed by atoms with Crippen molar-refractivity contribution in [2.45, 2.75) is 0 Å². The molecular weight excluding hydrogens is 115 g/mol. The fraction of sp³-hybridized carbons (Fsp3) is 0.250. The van der Waals surface area contributed by atoms with Crippen molar-refractivity contribution >= 4 is 17.6 Å². The number of alkyl halides is 1. The lowest BCUT2D eigenvalue weighted by Crippen LogP contribution is -1.82. The van der Waals surface area contributed by atoms with Gasteiger partial charge in [-0.05, 0) is 0 Å². The molecule has 0 aromatic carbocycles. The summed E-state index contributed by atoms with van der Waals surface area (Å²) >= 11 is 4.64. The molecule has 0 saturated heterocycles. The van der Waals surface area contributed by atoms with Crippen molar-refractivity contribution in [3.8, 4) is 0 Å². The van der Waals surface area contributed by atoms with Gasteiger partial charge in [-0.25, -0.2) is 4.79 Å². The minimum atomic E-state index is -0.981. The fourth-order valence-electron chi connectivity index (χ4n) is 0. The summed E-state index contributed by atoms with van der Waals surface area (Å²) in [7, 11) is 0. The first-order valence-corrected chi connectivity index (χ1v) is 2.26. The Labute approximate surface area is 47.4 Å². The smallest absolute Gasteiger partial charge is 0.327 e. The molecule has 0 unspecified atom stereocenters. The first-order chi connectivity index (χ1) is 3.27. The van der Waals surface area contributed by atoms with Gasteiger partial charge in [-0.2, -0.15) is 0 Å². The van der Waals surface area contributed by atoms with Crippen LogP contribution in [0.3, 0.4) is 0 Å². The Hall–Kier alpha value is -0.500. The van der Waals surface area contributed by atoms with Crippen molar-refractivity contribution in [1.82, 2.24) is 0 Å². The quantitative estimate of drug-likeness (QED) is 0.418. The number of carboxylic acids is 1. The highest BCUT2D eigenvalue weighted by molar-refractivity contribution is 6.15. The van der Waals surface area contributed by atoms with Gasteiger partial charge in [-0.1, -0.05) is 6.58 Å². The number of carbonyl (C=O) groups is 1. The van der Waals surface area contributed by atoms with E-state index in [4.69, 9.17) is 5.11 Å². The lowest BCUT2D eigenvalue weighted by atomic mass is 10.7. The number of halogens is 1. The Morgan fingerprint density at radius 2 is 2.00 bits per heavy atom. The van der Waals surface area contributed by atoms with Crippen molar-refractivity contribution in [3.05, 3.63) is 12.7 Å². The summed E-state index contributed by atoms with van der Waals surface area (Å²) in [6.07, 6.45) is 2.31. The number of carboxylic acid groups (broad SMARTS) is 1. The van der Waals surface area contributed by atoms with Crippen LogP contribution >= 0.6 is 11.6 Å². The average molecular weight is 123 g/mol. The molecule has 0 rings (SSSR count). The first-order valence-electron chi connectivity index (χ1n) is 1.50. The molecule has 0 fully saturated rings. The van der Waals surface area contributed by atoms with E-state index in [1.54, 1.807) is 0 Å². The minimum absolute atomic E-state index is 0.833. The Kier molecular flexibility index (Phi) is 12.6. The van der Waals surface area contributed by atoms with Gasteiger partial charge in [0, 0.05) is 12.5 Å². The molecule has 1 N–H and O–H groups in total. The van der Waals surface area contributed by atoms with Gasteiger partial charge < -0.3 is 5.11 Å². The van der Waals surface area contributed by atoms with Crippen molar-refractivity contribution in [2.24, 2.45) is 0 Å². The summed E-state index contributed by atoms with van der Waals surface area (Å²) in [5.41, 5.74) is 0. The molecule has 0 aliphatic heterocycles. The molecule has 42 valence electrons. The van der Waals surface area contributed by atoms with Crippen LogP contribution < -0.4 is 0 Å². The van der Waals surface area contributed by atoms with E-state index in [0.717, 1.165) is 6.08 Å². The third kappa shape index (κ3) is 29.9. The maximum atomic E-state index is 9.25. The zero-order valence-electron chi connectivity index (χ0n) is 4.02. The maximum Gasteiger partial charge on any atom is 0.327 e. The van der Waals surface area contributed by atoms with Crippen LogP contribution in [0.25, 0.3) is 0 Å². The van der Waals surface area contributed by atoms with Crippen LogP contribution in [0.4, 0.5) is 0 Å². The van der Waals surface area contributed by atoms with Gasteiger partial charge in [0.25, 0.3) is 0 Å². The highest BCUT2D eigenvalue weighted by Crippen LogP contribution is 1.54. The monoisotopic (exact) mass is 122 g/mol. The van der Waals surface area contributed by atoms with Gasteiger partial charge in [0.1, 0.15) is 0 Å². The van der Waals surface area contributed by atoms with Crippen molar-refractivity contribution < 1.29 is 9.90 Å². The molecule has 2 nitrogen and oxygen atoms in total. The standard InChI is InChI=1S/C3H4O2.CH3Cl/c1-2-3(4)5;1-2/h2H,1H2,(H,4,5);1H3. The molecule has 0 amide bonds. The molecule has 0 radical (unpaired) electrons. The zero-order valence-corrected chi connectivity index (χ0v) is 4.77. The molecular formula is C4H7ClO2. The molecule has 3 heteroatoms. The largest absolute Gasteiger partial charge is 0.478 e. The number of hydrogen-bond acceptors (Lipinski definition) is 1. The molecule has 0 aliphatic carbocycles. The number of aliphatic carboxylic acids is 1. The molecule has 7 heavy (non-hydrogen) atoms. The summed E-state index contributed by atoms with van der Waals surface area (Å²) < 4.78 is 0. The second-order valence-electron chi connectivity index (χ2n) is 0.542. The Balaban J connectivity index is 0. The zero-order chi connectivity index (χ0) is 6.28. The fourth-order valence-corrected chi connectivity index (χ4v) is 0. The summed E-state index contributed by atoms with van der Waals surface area (Å²) in [6, 6.07) is 0. The van der Waals surface area contributed by atoms with E-state index in [-0.39, 0.29) is 0 Å². The van der Waals surface area contributed by atoms with E-state index in [9.17, 15) is 4.79 Å². The molecule has 0 heterocycles. The van der Waals surface area contributed by atoms with E-state index in [1.165, 1.54) is 6.38 Å². The molecule has 0 aromatic heterocycles. The number of rotatable bonds is 1. The van der Waals surface area contributed by atoms with Crippen LogP contribution in [0.2, 0.25) is 0 Å². The first kappa shape index (κ1) is 9.71. The summed E-state index contributed by atoms with van der Waals surface area (Å²) in [4.78, 5) is 9.25. The summed E-state index contributed by atoms with van der Waals surface area (Å²) in [5, 5.41) is 7.60. The Morgan fingerprint density at radius 1 is 1.86 bits per heavy atom. The van der Waals surface area contributed by atoms with E-state index in [2.05, 4.69) is 18.2 Å². The predicted molar refractivity (Wildman–Crippen MR) is 29.6 cm³/mol. The highest BCUT2D eigenvalue weighted by atomic mass is 35.5. The second-order valence-corrected chi connectivity index (χ2v) is 0.542. The molecule has 0 spiro atoms. The normalized spacial score (nSPS) is 5.43. The Morgan fingerprint density at radius 3 is 2.00 bits per heavy atom. The molecule has 0 bridgehead atoms. The van der Waals surface area contributed by atoms with Crippen LogP contribution in [0.1, 0.15) is 0 Å². The lowest BCUT2D eigenvalue weighted by molar-refractivity contribution is -0.131. The van der Waals surface area contributed by atoms with E-state index in [0.29, 0.717) is 0 Å². The maximum absolute atomic E-state index is 9.25. The van der Waals surface area contributed by atoms with Crippen molar-refractivity contribution in [3.63, 3.8) is 0 Å². The van der Waals surface area contributed by atoms with Crippen molar-refractivity contribution in [2.75, 3.05) is 6.38 Å². The summed E-state index contributed by atoms with van der Waals surface area (Å²) in [5.74, 6) is -0.981. The summed E-state index contributed by atoms with van der Waals surface area (Å²) in [6.45, 7) is 2.96. The topological polar surface area (TPSA) is 37.3 Å². The average Bonchev–Trinajstić information content (AvgIpc) is 1.73. The van der Waals surface area contributed by atoms with Gasteiger partial charge in [-0.3, -0.25) is 0 Å². The van der Waals surface area contributed by atoms with Crippen LogP contribution in [-0.2, 0) is 4.79 Å². The van der Waals surface area contributed by atoms with Crippen molar-refractivity contribution in [1.29, 1.82) is 0 Å². The van der Waals surface area contributed by atoms with E-state index >= 15 is 0 Å². The van der Waals surface area contributed by atoms with E-state index in [1.807, 2.05) is 0 Å². The van der Waals surface area contributed by atoms with Gasteiger partial charge in [0.05, 0.1) is 0 Å². The third-order valence-electron chi connectivity index (χ3n) is 0.175. The third-order valence-corrected chi connectivity index (χ3v) is 0.175. The van der Waals surface area contributed by atoms with E-state index < -0.39 is 5.97 Å². The lowest BCUT2D eigenvalue weighted by Gasteiger charge is -1.64. The predicted octanol–water partition coefficient (Wildman–Crippen LogP) is 1.11. The molecule has 0 saturated carbocycles. The van der Waals surface area contributed by atoms with Crippen LogP contribution in [0.15, 0.2) is 12.7 Å². The SMILES string of the molecule is C=CC(=O)O.CCl. The highest BCUT2D eigenvalue weighted by Gasteiger charge is 1.73. The second kappa shape index (κ2) is 9.09. The van der Waals surface area contributed by atoms with Crippen LogP contribution in [-0.4, -0.2) is 17.5 Å². The molecule has 0 aliphatic rings.